The molecule has 2 heterocycles. The zero-order valence-electron chi connectivity index (χ0n) is 11.4. The lowest BCUT2D eigenvalue weighted by molar-refractivity contribution is -0.120. The van der Waals surface area contributed by atoms with E-state index >= 15 is 0 Å². The minimum absolute atomic E-state index is 0.0705. The molecular weight excluding hydrogens is 260 g/mol. The number of aromatic nitrogens is 2. The SMILES string of the molecule is CCCCCc1nnc(NC(=O)C2CCCNC2)s1. The Morgan fingerprint density at radius 2 is 2.37 bits per heavy atom. The summed E-state index contributed by atoms with van der Waals surface area (Å²) in [6, 6.07) is 0. The van der Waals surface area contributed by atoms with Gasteiger partial charge < -0.3 is 10.6 Å². The van der Waals surface area contributed by atoms with Gasteiger partial charge >= 0.3 is 0 Å². The van der Waals surface area contributed by atoms with Crippen LogP contribution in [-0.2, 0) is 11.2 Å². The van der Waals surface area contributed by atoms with E-state index in [0.29, 0.717) is 5.13 Å². The van der Waals surface area contributed by atoms with Crippen molar-refractivity contribution in [2.45, 2.75) is 45.4 Å². The molecule has 1 unspecified atom stereocenters. The number of hydrogen-bond donors (Lipinski definition) is 2. The molecule has 1 amide bonds. The molecule has 1 aliphatic rings. The topological polar surface area (TPSA) is 66.9 Å². The highest BCUT2D eigenvalue weighted by molar-refractivity contribution is 7.15. The fraction of sp³-hybridized carbons (Fsp3) is 0.769. The molecule has 19 heavy (non-hydrogen) atoms. The average Bonchev–Trinajstić information content (AvgIpc) is 2.88. The van der Waals surface area contributed by atoms with Crippen molar-refractivity contribution in [3.05, 3.63) is 5.01 Å². The van der Waals surface area contributed by atoms with Crippen LogP contribution in [0.2, 0.25) is 0 Å². The molecule has 5 nitrogen and oxygen atoms in total. The maximum absolute atomic E-state index is 12.0. The number of hydrogen-bond acceptors (Lipinski definition) is 5. The first-order valence-electron chi connectivity index (χ1n) is 7.13. The lowest BCUT2D eigenvalue weighted by Crippen LogP contribution is -2.37. The van der Waals surface area contributed by atoms with Crippen molar-refractivity contribution >= 4 is 22.4 Å². The van der Waals surface area contributed by atoms with Crippen LogP contribution in [0.25, 0.3) is 0 Å². The van der Waals surface area contributed by atoms with E-state index in [1.54, 1.807) is 0 Å². The van der Waals surface area contributed by atoms with E-state index in [2.05, 4.69) is 27.8 Å². The molecule has 0 aliphatic carbocycles. The first-order chi connectivity index (χ1) is 9.29. The van der Waals surface area contributed by atoms with Crippen LogP contribution in [0.5, 0.6) is 0 Å². The summed E-state index contributed by atoms with van der Waals surface area (Å²) in [6.07, 6.45) is 6.56. The van der Waals surface area contributed by atoms with Gasteiger partial charge in [0, 0.05) is 13.0 Å². The number of carbonyl (C=O) groups is 1. The first-order valence-corrected chi connectivity index (χ1v) is 7.95. The third-order valence-electron chi connectivity index (χ3n) is 3.36. The second-order valence-electron chi connectivity index (χ2n) is 4.99. The molecule has 1 saturated heterocycles. The second-order valence-corrected chi connectivity index (χ2v) is 6.05. The number of unbranched alkanes of at least 4 members (excludes halogenated alkanes) is 2. The van der Waals surface area contributed by atoms with Gasteiger partial charge in [0.25, 0.3) is 0 Å². The molecule has 0 radical (unpaired) electrons. The van der Waals surface area contributed by atoms with Gasteiger partial charge in [-0.1, -0.05) is 31.1 Å². The first kappa shape index (κ1) is 14.4. The van der Waals surface area contributed by atoms with Crippen molar-refractivity contribution in [1.29, 1.82) is 0 Å². The molecule has 1 aliphatic heterocycles. The molecule has 1 atom stereocenters. The van der Waals surface area contributed by atoms with Gasteiger partial charge in [-0.2, -0.15) is 0 Å². The zero-order valence-corrected chi connectivity index (χ0v) is 12.3. The number of anilines is 1. The van der Waals surface area contributed by atoms with E-state index in [-0.39, 0.29) is 11.8 Å². The third kappa shape index (κ3) is 4.54. The molecule has 6 heteroatoms. The maximum atomic E-state index is 12.0. The Morgan fingerprint density at radius 3 is 3.11 bits per heavy atom. The Balaban J connectivity index is 1.80. The third-order valence-corrected chi connectivity index (χ3v) is 4.26. The van der Waals surface area contributed by atoms with E-state index in [0.717, 1.165) is 43.8 Å². The largest absolute Gasteiger partial charge is 0.316 e. The lowest BCUT2D eigenvalue weighted by atomic mass is 9.99. The maximum Gasteiger partial charge on any atom is 0.230 e. The molecule has 2 rings (SSSR count). The van der Waals surface area contributed by atoms with Crippen molar-refractivity contribution in [1.82, 2.24) is 15.5 Å². The van der Waals surface area contributed by atoms with E-state index in [4.69, 9.17) is 0 Å². The summed E-state index contributed by atoms with van der Waals surface area (Å²) in [4.78, 5) is 12.0. The molecule has 106 valence electrons. The Hall–Kier alpha value is -1.01. The summed E-state index contributed by atoms with van der Waals surface area (Å²) in [6.45, 7) is 3.97. The minimum Gasteiger partial charge on any atom is -0.316 e. The Labute approximate surface area is 118 Å². The summed E-state index contributed by atoms with van der Waals surface area (Å²) >= 11 is 1.50. The lowest BCUT2D eigenvalue weighted by Gasteiger charge is -2.21. The number of carbonyl (C=O) groups excluding carboxylic acids is 1. The molecule has 0 spiro atoms. The number of aryl methyl sites for hydroxylation is 1. The van der Waals surface area contributed by atoms with E-state index in [1.807, 2.05) is 0 Å². The zero-order chi connectivity index (χ0) is 13.5. The second kappa shape index (κ2) is 7.55. The van der Waals surface area contributed by atoms with Gasteiger partial charge in [0.15, 0.2) is 0 Å². The molecule has 0 bridgehead atoms. The quantitative estimate of drug-likeness (QED) is 0.785. The molecule has 2 N–H and O–H groups in total. The number of nitrogens with zero attached hydrogens (tertiary/aromatic N) is 2. The van der Waals surface area contributed by atoms with Crippen LogP contribution >= 0.6 is 11.3 Å². The minimum atomic E-state index is 0.0705. The Kier molecular flexibility index (Phi) is 5.72. The van der Waals surface area contributed by atoms with Gasteiger partial charge in [-0.3, -0.25) is 4.79 Å². The molecule has 0 aromatic carbocycles. The Morgan fingerprint density at radius 1 is 1.47 bits per heavy atom. The molecule has 0 saturated carbocycles. The summed E-state index contributed by atoms with van der Waals surface area (Å²) in [7, 11) is 0. The monoisotopic (exact) mass is 282 g/mol. The summed E-state index contributed by atoms with van der Waals surface area (Å²) in [5.74, 6) is 0.143. The summed E-state index contributed by atoms with van der Waals surface area (Å²) < 4.78 is 0. The summed E-state index contributed by atoms with van der Waals surface area (Å²) in [5, 5.41) is 16.0. The smallest absolute Gasteiger partial charge is 0.230 e. The van der Waals surface area contributed by atoms with E-state index < -0.39 is 0 Å². The predicted octanol–water partition coefficient (Wildman–Crippen LogP) is 2.21. The number of amides is 1. The molecule has 1 aromatic rings. The van der Waals surface area contributed by atoms with Crippen LogP contribution in [0.1, 0.15) is 44.0 Å². The number of piperidine rings is 1. The van der Waals surface area contributed by atoms with E-state index in [9.17, 15) is 4.79 Å². The normalized spacial score (nSPS) is 19.3. The van der Waals surface area contributed by atoms with Crippen LogP contribution < -0.4 is 10.6 Å². The summed E-state index contributed by atoms with van der Waals surface area (Å²) in [5.41, 5.74) is 0. The fourth-order valence-corrected chi connectivity index (χ4v) is 3.00. The van der Waals surface area contributed by atoms with Crippen molar-refractivity contribution in [2.75, 3.05) is 18.4 Å². The van der Waals surface area contributed by atoms with Crippen LogP contribution in [0.3, 0.4) is 0 Å². The van der Waals surface area contributed by atoms with Crippen LogP contribution in [0, 0.1) is 5.92 Å². The van der Waals surface area contributed by atoms with Crippen molar-refractivity contribution < 1.29 is 4.79 Å². The van der Waals surface area contributed by atoms with Crippen LogP contribution in [0.4, 0.5) is 5.13 Å². The predicted molar refractivity (Wildman–Crippen MR) is 77.4 cm³/mol. The van der Waals surface area contributed by atoms with Gasteiger partial charge in [0.05, 0.1) is 5.92 Å². The highest BCUT2D eigenvalue weighted by Gasteiger charge is 2.21. The van der Waals surface area contributed by atoms with Crippen molar-refractivity contribution in [2.24, 2.45) is 5.92 Å². The van der Waals surface area contributed by atoms with E-state index in [1.165, 1.54) is 24.2 Å². The molecule has 1 aromatic heterocycles. The number of nitrogens with one attached hydrogen (secondary N) is 2. The Bertz CT molecular complexity index is 401. The molecular formula is C13H22N4OS. The highest BCUT2D eigenvalue weighted by Crippen LogP contribution is 2.19. The van der Waals surface area contributed by atoms with Gasteiger partial charge in [-0.05, 0) is 25.8 Å². The highest BCUT2D eigenvalue weighted by atomic mass is 32.1. The van der Waals surface area contributed by atoms with Crippen LogP contribution in [-0.4, -0.2) is 29.2 Å². The van der Waals surface area contributed by atoms with Crippen molar-refractivity contribution in [3.63, 3.8) is 0 Å². The molecule has 1 fully saturated rings. The van der Waals surface area contributed by atoms with Gasteiger partial charge in [0.2, 0.25) is 11.0 Å². The van der Waals surface area contributed by atoms with Crippen LogP contribution in [0.15, 0.2) is 0 Å². The van der Waals surface area contributed by atoms with Gasteiger partial charge in [0.1, 0.15) is 5.01 Å². The average molecular weight is 282 g/mol. The number of rotatable bonds is 6. The standard InChI is InChI=1S/C13H22N4OS/c1-2-3-4-7-11-16-17-13(19-11)15-12(18)10-6-5-8-14-9-10/h10,14H,2-9H2,1H3,(H,15,17,18). The fourth-order valence-electron chi connectivity index (χ4n) is 2.21. The van der Waals surface area contributed by atoms with Gasteiger partial charge in [-0.25, -0.2) is 0 Å². The van der Waals surface area contributed by atoms with Gasteiger partial charge in [-0.15, -0.1) is 10.2 Å². The van der Waals surface area contributed by atoms with Crippen molar-refractivity contribution in [3.8, 4) is 0 Å².